The predicted molar refractivity (Wildman–Crippen MR) is 21.0 cm³/mol. The van der Waals surface area contributed by atoms with Crippen LogP contribution in [0.2, 0.25) is 0 Å². The molecule has 0 bridgehead atoms. The van der Waals surface area contributed by atoms with E-state index in [0.29, 0.717) is 0 Å². The molecule has 0 fully saturated rings. The summed E-state index contributed by atoms with van der Waals surface area (Å²) in [7, 11) is 0. The standard InChI is InChI=1S/C2H2O4.Na.Ti/c3-1(4)2(5)6;;/h(H,3,4)(H,5,6);;. The van der Waals surface area contributed by atoms with Gasteiger partial charge < -0.3 is 10.2 Å². The van der Waals surface area contributed by atoms with Gasteiger partial charge in [0.2, 0.25) is 0 Å². The van der Waals surface area contributed by atoms with E-state index in [1.54, 1.807) is 0 Å². The van der Waals surface area contributed by atoms with Gasteiger partial charge in [-0.2, -0.15) is 0 Å². The Hall–Kier alpha value is 0.654. The molecular weight excluding hydrogens is 159 g/mol. The van der Waals surface area contributed by atoms with E-state index in [1.807, 2.05) is 0 Å². The minimum absolute atomic E-state index is 1.31. The third-order valence-corrected chi connectivity index (χ3v) is 0.183. The molecule has 4 nitrogen and oxygen atoms in total. The average Bonchev–Trinajstić information content (AvgIpc) is 1.72. The van der Waals surface area contributed by atoms with E-state index in [-0.39, 0.29) is 0 Å². The maximum atomic E-state index is 9.10. The number of rotatable bonds is 0. The Labute approximate surface area is 70.6 Å². The summed E-state index contributed by atoms with van der Waals surface area (Å²) in [6.45, 7) is 0. The molecule has 0 atom stereocenters. The fourth-order valence-corrected chi connectivity index (χ4v) is 0. The first-order valence-electron chi connectivity index (χ1n) is 1.61. The zero-order valence-electron chi connectivity index (χ0n) is 4.21. The molecule has 6 heteroatoms. The van der Waals surface area contributed by atoms with Crippen LogP contribution in [0, 0.1) is 0 Å². The first kappa shape index (κ1) is 11.5. The van der Waals surface area contributed by atoms with E-state index in [2.05, 4.69) is 15.3 Å². The van der Waals surface area contributed by atoms with Crippen molar-refractivity contribution in [1.29, 1.82) is 0 Å². The van der Waals surface area contributed by atoms with Gasteiger partial charge in [-0.05, 0) is 0 Å². The molecule has 8 heavy (non-hydrogen) atoms. The molecule has 0 heterocycles. The van der Waals surface area contributed by atoms with Crippen LogP contribution in [0.4, 0.5) is 0 Å². The van der Waals surface area contributed by atoms with Crippen LogP contribution in [-0.2, 0) is 24.9 Å². The molecule has 2 N–H and O–H groups in total. The number of aliphatic carboxylic acids is 2. The molecular formula is C2H2NaO4Ti. The van der Waals surface area contributed by atoms with Gasteiger partial charge in [0.05, 0.1) is 0 Å². The second-order valence-corrected chi connectivity index (χ2v) is 0.610. The summed E-state index contributed by atoms with van der Waals surface area (Å²) >= 11 is 3.44. The van der Waals surface area contributed by atoms with Crippen molar-refractivity contribution in [2.45, 2.75) is 0 Å². The number of carbonyl (C=O) groups is 2. The Kier molecular flexibility index (Phi) is 11.0. The number of hydrogen-bond acceptors (Lipinski definition) is 2. The van der Waals surface area contributed by atoms with E-state index in [9.17, 15) is 0 Å². The summed E-state index contributed by atoms with van der Waals surface area (Å²) in [5.41, 5.74) is 0. The Morgan fingerprint density at radius 2 is 1.25 bits per heavy atom. The van der Waals surface area contributed by atoms with Gasteiger partial charge in [0.1, 0.15) is 0 Å². The summed E-state index contributed by atoms with van der Waals surface area (Å²) in [4.78, 5) is 18.2. The van der Waals surface area contributed by atoms with Crippen LogP contribution in [0.1, 0.15) is 0 Å². The van der Waals surface area contributed by atoms with Gasteiger partial charge in [0.25, 0.3) is 0 Å². The van der Waals surface area contributed by atoms with Gasteiger partial charge >= 0.3 is 51.3 Å². The molecule has 0 aliphatic carbocycles. The van der Waals surface area contributed by atoms with Crippen LogP contribution in [0.5, 0.6) is 0 Å². The van der Waals surface area contributed by atoms with Gasteiger partial charge in [-0.25, -0.2) is 9.59 Å². The monoisotopic (exact) mass is 161 g/mol. The van der Waals surface area contributed by atoms with Crippen molar-refractivity contribution in [2.75, 3.05) is 0 Å². The molecule has 39 valence electrons. The molecule has 0 saturated heterocycles. The first-order valence-corrected chi connectivity index (χ1v) is 7.29. The molecule has 0 unspecified atom stereocenters. The fraction of sp³-hybridized carbons (Fsp3) is 0. The van der Waals surface area contributed by atoms with Crippen molar-refractivity contribution in [3.05, 3.63) is 0 Å². The number of carboxylic acid groups (broad SMARTS) is 2. The van der Waals surface area contributed by atoms with Gasteiger partial charge in [-0.1, -0.05) is 0 Å². The van der Waals surface area contributed by atoms with E-state index >= 15 is 0 Å². The first-order chi connectivity index (χ1) is 3.64. The zero-order chi connectivity index (χ0) is 7.15. The van der Waals surface area contributed by atoms with Crippen molar-refractivity contribution < 1.29 is 35.1 Å². The average molecular weight is 161 g/mol. The summed E-state index contributed by atoms with van der Waals surface area (Å²) in [6.07, 6.45) is 0. The summed E-state index contributed by atoms with van der Waals surface area (Å²) in [5.74, 6) is -3.65. The molecule has 0 aromatic carbocycles. The van der Waals surface area contributed by atoms with E-state index in [0.717, 1.165) is 0 Å². The minimum atomic E-state index is -1.82. The van der Waals surface area contributed by atoms with Crippen molar-refractivity contribution in [2.24, 2.45) is 0 Å². The van der Waals surface area contributed by atoms with Crippen LogP contribution < -0.4 is 0 Å². The van der Waals surface area contributed by atoms with Crippen LogP contribution in [0.3, 0.4) is 0 Å². The number of hydrogen-bond donors (Lipinski definition) is 2. The van der Waals surface area contributed by atoms with Crippen molar-refractivity contribution in [3.63, 3.8) is 0 Å². The van der Waals surface area contributed by atoms with Crippen molar-refractivity contribution in [3.8, 4) is 0 Å². The Morgan fingerprint density at radius 3 is 1.25 bits per heavy atom. The molecule has 0 aromatic heterocycles. The van der Waals surface area contributed by atoms with Crippen LogP contribution >= 0.6 is 0 Å². The van der Waals surface area contributed by atoms with E-state index in [4.69, 9.17) is 19.8 Å². The molecule has 0 amide bonds. The Bertz CT molecular complexity index is 80.0. The molecule has 0 aliphatic rings. The third-order valence-electron chi connectivity index (χ3n) is 0.183. The predicted octanol–water partition coefficient (Wildman–Crippen LogP) is -1.23. The van der Waals surface area contributed by atoms with Crippen LogP contribution in [0.15, 0.2) is 0 Å². The van der Waals surface area contributed by atoms with Crippen LogP contribution in [-0.4, -0.2) is 46.2 Å². The SMILES string of the molecule is O=C(O)C(=O)O.[Na][Ti]. The quantitative estimate of drug-likeness (QED) is 0.344. The summed E-state index contributed by atoms with van der Waals surface area (Å²) in [6, 6.07) is 0. The van der Waals surface area contributed by atoms with Crippen molar-refractivity contribution >= 4 is 36.0 Å². The zero-order valence-corrected chi connectivity index (χ0v) is 7.77. The van der Waals surface area contributed by atoms with Gasteiger partial charge in [-0.3, -0.25) is 0 Å². The number of carboxylic acids is 2. The third kappa shape index (κ3) is 9.82. The maximum absolute atomic E-state index is 9.10. The second-order valence-electron chi connectivity index (χ2n) is 0.610. The molecule has 0 aliphatic heterocycles. The molecule has 0 spiro atoms. The van der Waals surface area contributed by atoms with Gasteiger partial charge in [0, 0.05) is 0 Å². The van der Waals surface area contributed by atoms with E-state index in [1.165, 1.54) is 24.1 Å². The molecule has 0 aromatic rings. The van der Waals surface area contributed by atoms with E-state index < -0.39 is 11.9 Å². The van der Waals surface area contributed by atoms with Crippen molar-refractivity contribution in [1.82, 2.24) is 0 Å². The second kappa shape index (κ2) is 7.65. The molecule has 0 saturated carbocycles. The normalized spacial score (nSPS) is 6.12. The summed E-state index contributed by atoms with van der Waals surface area (Å²) < 4.78 is 0. The fourth-order valence-electron chi connectivity index (χ4n) is 0. The Morgan fingerprint density at radius 1 is 1.12 bits per heavy atom. The topological polar surface area (TPSA) is 74.6 Å². The molecule has 0 radical (unpaired) electrons. The Balaban J connectivity index is 0. The van der Waals surface area contributed by atoms with Gasteiger partial charge in [-0.15, -0.1) is 0 Å². The van der Waals surface area contributed by atoms with Gasteiger partial charge in [0.15, 0.2) is 0 Å². The summed E-state index contributed by atoms with van der Waals surface area (Å²) in [5, 5.41) is 14.8. The molecule has 0 rings (SSSR count). The van der Waals surface area contributed by atoms with Crippen LogP contribution in [0.25, 0.3) is 0 Å².